The van der Waals surface area contributed by atoms with Crippen molar-refractivity contribution in [3.63, 3.8) is 0 Å². The zero-order chi connectivity index (χ0) is 19.4. The fraction of sp³-hybridized carbons (Fsp3) is 0.158. The van der Waals surface area contributed by atoms with Crippen LogP contribution < -0.4 is 10.2 Å². The van der Waals surface area contributed by atoms with Crippen LogP contribution in [0.4, 0.5) is 17.1 Å². The van der Waals surface area contributed by atoms with E-state index in [1.165, 1.54) is 18.2 Å². The number of anilines is 2. The van der Waals surface area contributed by atoms with Crippen LogP contribution in [0.1, 0.15) is 18.4 Å². The predicted molar refractivity (Wildman–Crippen MR) is 104 cm³/mol. The molecular weight excluding hydrogens is 370 g/mol. The molecule has 138 valence electrons. The summed E-state index contributed by atoms with van der Waals surface area (Å²) in [5.74, 6) is -0.354. The van der Waals surface area contributed by atoms with Crippen molar-refractivity contribution in [1.29, 1.82) is 0 Å². The molecule has 1 saturated heterocycles. The van der Waals surface area contributed by atoms with Gasteiger partial charge in [-0.15, -0.1) is 0 Å². The highest BCUT2D eigenvalue weighted by molar-refractivity contribution is 6.34. The number of rotatable bonds is 5. The molecule has 2 amide bonds. The first-order valence-electron chi connectivity index (χ1n) is 8.27. The molecule has 0 saturated carbocycles. The summed E-state index contributed by atoms with van der Waals surface area (Å²) in [6, 6.07) is 10.9. The number of nitrogens with one attached hydrogen (secondary N) is 1. The summed E-state index contributed by atoms with van der Waals surface area (Å²) in [5.41, 5.74) is 1.73. The van der Waals surface area contributed by atoms with Gasteiger partial charge in [0, 0.05) is 36.9 Å². The standard InChI is InChI=1S/C19H16ClN3O4/c20-16-9-8-15(22-11-1-2-19(22)25)12-17(16)21-18(24)10-5-13-3-6-14(7-4-13)23(26)27/h3-10,12H,1-2,11H2,(H,21,24)/b10-5+. The van der Waals surface area contributed by atoms with Crippen LogP contribution in [0.15, 0.2) is 48.5 Å². The quantitative estimate of drug-likeness (QED) is 0.477. The van der Waals surface area contributed by atoms with E-state index in [0.29, 0.717) is 34.9 Å². The van der Waals surface area contributed by atoms with E-state index in [2.05, 4.69) is 5.32 Å². The Morgan fingerprint density at radius 2 is 1.96 bits per heavy atom. The highest BCUT2D eigenvalue weighted by Gasteiger charge is 2.22. The van der Waals surface area contributed by atoms with Crippen LogP contribution in [-0.4, -0.2) is 23.3 Å². The average Bonchev–Trinajstić information content (AvgIpc) is 3.08. The van der Waals surface area contributed by atoms with Crippen LogP contribution in [0.25, 0.3) is 6.08 Å². The number of nitro groups is 1. The van der Waals surface area contributed by atoms with Crippen molar-refractivity contribution in [2.45, 2.75) is 12.8 Å². The lowest BCUT2D eigenvalue weighted by molar-refractivity contribution is -0.384. The van der Waals surface area contributed by atoms with Gasteiger partial charge < -0.3 is 10.2 Å². The number of nitro benzene ring substituents is 1. The molecule has 0 aliphatic carbocycles. The molecule has 0 atom stereocenters. The number of nitrogens with zero attached hydrogens (tertiary/aromatic N) is 2. The van der Waals surface area contributed by atoms with E-state index < -0.39 is 10.8 Å². The van der Waals surface area contributed by atoms with E-state index in [4.69, 9.17) is 11.6 Å². The first kappa shape index (κ1) is 18.6. The maximum absolute atomic E-state index is 12.2. The van der Waals surface area contributed by atoms with Gasteiger partial charge in [0.25, 0.3) is 5.69 Å². The molecule has 0 bridgehead atoms. The lowest BCUT2D eigenvalue weighted by Crippen LogP contribution is -2.23. The summed E-state index contributed by atoms with van der Waals surface area (Å²) < 4.78 is 0. The molecule has 7 nitrogen and oxygen atoms in total. The highest BCUT2D eigenvalue weighted by atomic mass is 35.5. The molecule has 2 aromatic carbocycles. The van der Waals surface area contributed by atoms with E-state index >= 15 is 0 Å². The molecule has 27 heavy (non-hydrogen) atoms. The summed E-state index contributed by atoms with van der Waals surface area (Å²) in [5, 5.41) is 13.7. The van der Waals surface area contributed by atoms with Gasteiger partial charge in [-0.1, -0.05) is 11.6 Å². The maximum Gasteiger partial charge on any atom is 0.269 e. The number of hydrogen-bond acceptors (Lipinski definition) is 4. The number of halogens is 1. The maximum atomic E-state index is 12.2. The van der Waals surface area contributed by atoms with Crippen LogP contribution in [0, 0.1) is 10.1 Å². The van der Waals surface area contributed by atoms with Crippen LogP contribution >= 0.6 is 11.6 Å². The predicted octanol–water partition coefficient (Wildman–Crippen LogP) is 4.03. The number of benzene rings is 2. The Balaban J connectivity index is 1.70. The first-order chi connectivity index (χ1) is 12.9. The molecule has 0 radical (unpaired) electrons. The van der Waals surface area contributed by atoms with Gasteiger partial charge >= 0.3 is 0 Å². The molecule has 0 aromatic heterocycles. The second-order valence-corrected chi connectivity index (χ2v) is 6.39. The molecule has 1 fully saturated rings. The zero-order valence-corrected chi connectivity index (χ0v) is 15.0. The van der Waals surface area contributed by atoms with Gasteiger partial charge in [0.05, 0.1) is 15.6 Å². The molecule has 1 N–H and O–H groups in total. The third-order valence-corrected chi connectivity index (χ3v) is 4.45. The minimum Gasteiger partial charge on any atom is -0.321 e. The van der Waals surface area contributed by atoms with Crippen molar-refractivity contribution >= 4 is 46.6 Å². The lowest BCUT2D eigenvalue weighted by atomic mass is 10.2. The van der Waals surface area contributed by atoms with E-state index in [0.717, 1.165) is 6.42 Å². The van der Waals surface area contributed by atoms with Crippen molar-refractivity contribution < 1.29 is 14.5 Å². The minimum absolute atomic E-state index is 0.0170. The van der Waals surface area contributed by atoms with E-state index in [9.17, 15) is 19.7 Å². The summed E-state index contributed by atoms with van der Waals surface area (Å²) in [6.45, 7) is 0.647. The van der Waals surface area contributed by atoms with Crippen LogP contribution in [-0.2, 0) is 9.59 Å². The Bertz CT molecular complexity index is 925. The van der Waals surface area contributed by atoms with Crippen LogP contribution in [0.2, 0.25) is 5.02 Å². The largest absolute Gasteiger partial charge is 0.321 e. The fourth-order valence-electron chi connectivity index (χ4n) is 2.75. The zero-order valence-electron chi connectivity index (χ0n) is 14.2. The van der Waals surface area contributed by atoms with E-state index in [1.807, 2.05) is 0 Å². The normalized spacial score (nSPS) is 14.0. The molecule has 8 heteroatoms. The highest BCUT2D eigenvalue weighted by Crippen LogP contribution is 2.30. The number of carbonyl (C=O) groups is 2. The Morgan fingerprint density at radius 1 is 1.22 bits per heavy atom. The van der Waals surface area contributed by atoms with Crippen molar-refractivity contribution in [3.05, 3.63) is 69.2 Å². The SMILES string of the molecule is O=C(/C=C/c1ccc([N+](=O)[O-])cc1)Nc1cc(N2CCCC2=O)ccc1Cl. The number of hydrogen-bond donors (Lipinski definition) is 1. The summed E-state index contributed by atoms with van der Waals surface area (Å²) in [4.78, 5) is 35.9. The first-order valence-corrected chi connectivity index (χ1v) is 8.65. The summed E-state index contributed by atoms with van der Waals surface area (Å²) in [7, 11) is 0. The van der Waals surface area contributed by atoms with Crippen LogP contribution in [0.5, 0.6) is 0 Å². The lowest BCUT2D eigenvalue weighted by Gasteiger charge is -2.17. The summed E-state index contributed by atoms with van der Waals surface area (Å²) >= 11 is 6.14. The molecule has 0 spiro atoms. The Hall–Kier alpha value is -3.19. The average molecular weight is 386 g/mol. The number of carbonyl (C=O) groups excluding carboxylic acids is 2. The van der Waals surface area contributed by atoms with Crippen molar-refractivity contribution in [2.75, 3.05) is 16.8 Å². The van der Waals surface area contributed by atoms with E-state index in [1.54, 1.807) is 41.3 Å². The third-order valence-electron chi connectivity index (χ3n) is 4.12. The van der Waals surface area contributed by atoms with E-state index in [-0.39, 0.29) is 11.6 Å². The van der Waals surface area contributed by atoms with Gasteiger partial charge in [-0.2, -0.15) is 0 Å². The third kappa shape index (κ3) is 4.51. The van der Waals surface area contributed by atoms with Gasteiger partial charge in [-0.25, -0.2) is 0 Å². The molecule has 0 unspecified atom stereocenters. The molecule has 1 heterocycles. The molecule has 3 rings (SSSR count). The van der Waals surface area contributed by atoms with Gasteiger partial charge in [-0.05, 0) is 48.4 Å². The van der Waals surface area contributed by atoms with Gasteiger partial charge in [0.1, 0.15) is 0 Å². The molecule has 2 aromatic rings. The second kappa shape index (κ2) is 8.01. The molecular formula is C19H16ClN3O4. The van der Waals surface area contributed by atoms with Gasteiger partial charge in [-0.3, -0.25) is 19.7 Å². The van der Waals surface area contributed by atoms with Gasteiger partial charge in [0.2, 0.25) is 11.8 Å². The van der Waals surface area contributed by atoms with Crippen molar-refractivity contribution in [1.82, 2.24) is 0 Å². The second-order valence-electron chi connectivity index (χ2n) is 5.98. The molecule has 1 aliphatic rings. The monoisotopic (exact) mass is 385 g/mol. The minimum atomic E-state index is -0.486. The Labute approximate surface area is 160 Å². The topological polar surface area (TPSA) is 92.5 Å². The van der Waals surface area contributed by atoms with Crippen LogP contribution in [0.3, 0.4) is 0 Å². The smallest absolute Gasteiger partial charge is 0.269 e. The van der Waals surface area contributed by atoms with Crippen molar-refractivity contribution in [3.8, 4) is 0 Å². The van der Waals surface area contributed by atoms with Gasteiger partial charge in [0.15, 0.2) is 0 Å². The number of amides is 2. The Kier molecular flexibility index (Phi) is 5.52. The fourth-order valence-corrected chi connectivity index (χ4v) is 2.92. The number of non-ortho nitro benzene ring substituents is 1. The Morgan fingerprint density at radius 3 is 2.59 bits per heavy atom. The molecule has 1 aliphatic heterocycles. The van der Waals surface area contributed by atoms with Crippen molar-refractivity contribution in [2.24, 2.45) is 0 Å². The summed E-state index contributed by atoms with van der Waals surface area (Å²) in [6.07, 6.45) is 4.18.